The summed E-state index contributed by atoms with van der Waals surface area (Å²) in [5, 5.41) is 8.61. The van der Waals surface area contributed by atoms with Gasteiger partial charge in [-0.25, -0.2) is 24.1 Å². The maximum absolute atomic E-state index is 13.4. The number of nitrogens with one attached hydrogen (secondary N) is 3. The highest BCUT2D eigenvalue weighted by Crippen LogP contribution is 2.21. The summed E-state index contributed by atoms with van der Waals surface area (Å²) in [6, 6.07) is 15.3. The first-order valence-electron chi connectivity index (χ1n) is 9.28. The smallest absolute Gasteiger partial charge is 0.323 e. The summed E-state index contributed by atoms with van der Waals surface area (Å²) in [5.41, 5.74) is 3.96. The second-order valence-corrected chi connectivity index (χ2v) is 6.75. The Morgan fingerprint density at radius 3 is 2.50 bits per heavy atom. The Bertz CT molecular complexity index is 1230. The van der Waals surface area contributed by atoms with Gasteiger partial charge in [0.2, 0.25) is 0 Å². The number of para-hydroxylation sites is 1. The van der Waals surface area contributed by atoms with Crippen molar-refractivity contribution >= 4 is 40.1 Å². The number of fused-ring (bicyclic) bond motifs is 1. The van der Waals surface area contributed by atoms with Crippen molar-refractivity contribution in [2.24, 2.45) is 0 Å². The summed E-state index contributed by atoms with van der Waals surface area (Å²) in [7, 11) is 0. The highest BCUT2D eigenvalue weighted by molar-refractivity contribution is 6.01. The quantitative estimate of drug-likeness (QED) is 0.438. The number of aryl methyl sites for hydroxylation is 2. The van der Waals surface area contributed by atoms with Gasteiger partial charge in [-0.3, -0.25) is 0 Å². The number of amides is 2. The Kier molecular flexibility index (Phi) is 5.21. The van der Waals surface area contributed by atoms with Gasteiger partial charge in [0.25, 0.3) is 0 Å². The van der Waals surface area contributed by atoms with Crippen molar-refractivity contribution in [1.82, 2.24) is 15.0 Å². The van der Waals surface area contributed by atoms with Crippen LogP contribution in [0.2, 0.25) is 0 Å². The number of halogens is 1. The van der Waals surface area contributed by atoms with E-state index < -0.39 is 6.03 Å². The Morgan fingerprint density at radius 2 is 1.73 bits per heavy atom. The van der Waals surface area contributed by atoms with Gasteiger partial charge in [0.1, 0.15) is 11.3 Å². The monoisotopic (exact) mass is 402 g/mol. The lowest BCUT2D eigenvalue weighted by Crippen LogP contribution is -2.20. The average molecular weight is 402 g/mol. The standard InChI is InChI=1S/C22H19FN6O/c1-13-10-16(8-9-17(13)23)27-22(30)28-18-11-19-21(25-14(18)2)29-20(12-24-19)26-15-6-4-3-5-7-15/h3-12H,1-2H3,(H,25,26,29)(H2,27,28,30). The number of benzene rings is 2. The molecule has 30 heavy (non-hydrogen) atoms. The molecule has 0 atom stereocenters. The molecule has 0 unspecified atom stereocenters. The lowest BCUT2D eigenvalue weighted by molar-refractivity contribution is 0.262. The van der Waals surface area contributed by atoms with Gasteiger partial charge in [0.15, 0.2) is 11.5 Å². The topological polar surface area (TPSA) is 91.8 Å². The van der Waals surface area contributed by atoms with Gasteiger partial charge in [-0.2, -0.15) is 0 Å². The summed E-state index contributed by atoms with van der Waals surface area (Å²) in [6.07, 6.45) is 1.61. The number of hydrogen-bond acceptors (Lipinski definition) is 5. The summed E-state index contributed by atoms with van der Waals surface area (Å²) in [6.45, 7) is 3.41. The van der Waals surface area contributed by atoms with Crippen molar-refractivity contribution in [1.29, 1.82) is 0 Å². The zero-order valence-electron chi connectivity index (χ0n) is 16.4. The van der Waals surface area contributed by atoms with E-state index in [-0.39, 0.29) is 5.82 Å². The molecule has 4 aromatic rings. The van der Waals surface area contributed by atoms with Crippen LogP contribution in [0.3, 0.4) is 0 Å². The van der Waals surface area contributed by atoms with Crippen LogP contribution in [0.15, 0.2) is 60.8 Å². The van der Waals surface area contributed by atoms with E-state index >= 15 is 0 Å². The van der Waals surface area contributed by atoms with Crippen LogP contribution in [0, 0.1) is 19.7 Å². The molecule has 3 N–H and O–H groups in total. The molecule has 2 aromatic heterocycles. The summed E-state index contributed by atoms with van der Waals surface area (Å²) >= 11 is 0. The predicted octanol–water partition coefficient (Wildman–Crippen LogP) is 5.17. The number of carbonyl (C=O) groups is 1. The molecule has 0 saturated carbocycles. The molecule has 0 aliphatic heterocycles. The molecular weight excluding hydrogens is 383 g/mol. The highest BCUT2D eigenvalue weighted by Gasteiger charge is 2.11. The van der Waals surface area contributed by atoms with Crippen LogP contribution in [0.1, 0.15) is 11.3 Å². The summed E-state index contributed by atoms with van der Waals surface area (Å²) < 4.78 is 13.4. The molecule has 0 aliphatic rings. The molecule has 0 saturated heterocycles. The fraction of sp³-hybridized carbons (Fsp3) is 0.0909. The molecule has 8 heteroatoms. The fourth-order valence-corrected chi connectivity index (χ4v) is 2.90. The molecule has 0 aliphatic carbocycles. The Morgan fingerprint density at radius 1 is 0.933 bits per heavy atom. The largest absolute Gasteiger partial charge is 0.339 e. The maximum atomic E-state index is 13.4. The van der Waals surface area contributed by atoms with Crippen LogP contribution in [-0.2, 0) is 0 Å². The van der Waals surface area contributed by atoms with Crippen LogP contribution in [0.25, 0.3) is 11.2 Å². The number of urea groups is 1. The SMILES string of the molecule is Cc1cc(NC(=O)Nc2cc3ncc(Nc4ccccc4)nc3nc2C)ccc1F. The number of anilines is 4. The molecule has 0 fully saturated rings. The van der Waals surface area contributed by atoms with E-state index in [1.807, 2.05) is 30.3 Å². The molecule has 0 spiro atoms. The first kappa shape index (κ1) is 19.3. The minimum absolute atomic E-state index is 0.324. The van der Waals surface area contributed by atoms with E-state index in [1.165, 1.54) is 12.1 Å². The van der Waals surface area contributed by atoms with Crippen molar-refractivity contribution in [3.05, 3.63) is 77.9 Å². The third-order valence-electron chi connectivity index (χ3n) is 4.44. The van der Waals surface area contributed by atoms with Crippen molar-refractivity contribution in [3.63, 3.8) is 0 Å². The zero-order chi connectivity index (χ0) is 21.1. The number of nitrogens with zero attached hydrogens (tertiary/aromatic N) is 3. The van der Waals surface area contributed by atoms with Gasteiger partial charge in [-0.15, -0.1) is 0 Å². The number of hydrogen-bond donors (Lipinski definition) is 3. The van der Waals surface area contributed by atoms with Crippen molar-refractivity contribution < 1.29 is 9.18 Å². The lowest BCUT2D eigenvalue weighted by atomic mass is 10.2. The highest BCUT2D eigenvalue weighted by atomic mass is 19.1. The van der Waals surface area contributed by atoms with Gasteiger partial charge in [-0.1, -0.05) is 18.2 Å². The van der Waals surface area contributed by atoms with Gasteiger partial charge in [-0.05, 0) is 55.8 Å². The van der Waals surface area contributed by atoms with E-state index in [0.29, 0.717) is 39.6 Å². The van der Waals surface area contributed by atoms with Crippen LogP contribution in [0.4, 0.5) is 32.1 Å². The maximum Gasteiger partial charge on any atom is 0.323 e. The predicted molar refractivity (Wildman–Crippen MR) is 116 cm³/mol. The Labute approximate surface area is 172 Å². The first-order valence-corrected chi connectivity index (χ1v) is 9.28. The molecule has 0 bridgehead atoms. The van der Waals surface area contributed by atoms with Gasteiger partial charge < -0.3 is 16.0 Å². The third-order valence-corrected chi connectivity index (χ3v) is 4.44. The van der Waals surface area contributed by atoms with Crippen molar-refractivity contribution in [3.8, 4) is 0 Å². The molecule has 2 heterocycles. The number of rotatable bonds is 4. The zero-order valence-corrected chi connectivity index (χ0v) is 16.4. The number of pyridine rings is 1. The van der Waals surface area contributed by atoms with Crippen LogP contribution < -0.4 is 16.0 Å². The van der Waals surface area contributed by atoms with E-state index in [9.17, 15) is 9.18 Å². The van der Waals surface area contributed by atoms with Crippen molar-refractivity contribution in [2.45, 2.75) is 13.8 Å². The normalized spacial score (nSPS) is 10.6. The van der Waals surface area contributed by atoms with E-state index in [2.05, 4.69) is 30.9 Å². The van der Waals surface area contributed by atoms with Gasteiger partial charge >= 0.3 is 6.03 Å². The van der Waals surface area contributed by atoms with Crippen molar-refractivity contribution in [2.75, 3.05) is 16.0 Å². The Balaban J connectivity index is 1.51. The van der Waals surface area contributed by atoms with Crippen LogP contribution >= 0.6 is 0 Å². The van der Waals surface area contributed by atoms with Crippen LogP contribution in [0.5, 0.6) is 0 Å². The van der Waals surface area contributed by atoms with Crippen LogP contribution in [-0.4, -0.2) is 21.0 Å². The van der Waals surface area contributed by atoms with Gasteiger partial charge in [0, 0.05) is 11.4 Å². The lowest BCUT2D eigenvalue weighted by Gasteiger charge is -2.11. The Hall–Kier alpha value is -4.07. The average Bonchev–Trinajstić information content (AvgIpc) is 2.72. The molecule has 150 valence electrons. The molecule has 7 nitrogen and oxygen atoms in total. The fourth-order valence-electron chi connectivity index (χ4n) is 2.90. The summed E-state index contributed by atoms with van der Waals surface area (Å²) in [4.78, 5) is 25.7. The minimum atomic E-state index is -0.458. The van der Waals surface area contributed by atoms with Gasteiger partial charge in [0.05, 0.1) is 17.6 Å². The number of aromatic nitrogens is 3. The molecule has 2 aromatic carbocycles. The summed E-state index contributed by atoms with van der Waals surface area (Å²) in [5.74, 6) is 0.251. The second kappa shape index (κ2) is 8.12. The van der Waals surface area contributed by atoms with E-state index in [0.717, 1.165) is 5.69 Å². The minimum Gasteiger partial charge on any atom is -0.339 e. The first-order chi connectivity index (χ1) is 14.5. The number of carbonyl (C=O) groups excluding carboxylic acids is 1. The molecule has 0 radical (unpaired) electrons. The molecule has 4 rings (SSSR count). The second-order valence-electron chi connectivity index (χ2n) is 6.75. The molecular formula is C22H19FN6O. The van der Waals surface area contributed by atoms with E-state index in [4.69, 9.17) is 0 Å². The molecule has 2 amide bonds. The third kappa shape index (κ3) is 4.33. The van der Waals surface area contributed by atoms with E-state index in [1.54, 1.807) is 32.2 Å².